The van der Waals surface area contributed by atoms with Crippen LogP contribution in [0.1, 0.15) is 72.1 Å². The highest BCUT2D eigenvalue weighted by atomic mass is 19.1. The van der Waals surface area contributed by atoms with E-state index in [2.05, 4.69) is 10.6 Å². The van der Waals surface area contributed by atoms with E-state index in [4.69, 9.17) is 9.47 Å². The van der Waals surface area contributed by atoms with Gasteiger partial charge in [-0.25, -0.2) is 4.39 Å². The third kappa shape index (κ3) is 6.58. The molecule has 3 aliphatic rings. The highest BCUT2D eigenvalue weighted by Crippen LogP contribution is 2.33. The quantitative estimate of drug-likeness (QED) is 0.564. The number of hydrogen-bond acceptors (Lipinski definition) is 5. The standard InChI is InChI=1S/C30H36FN3O5/c1-34-25-13-12-23(16-28(35)32-17-19-5-3-2-4-6-19)39-27(25)18-38-26-14-11-22(15-24(26)30(34)37)33-29(36)20-7-9-21(31)10-8-20/h7-11,14-15,19,23,25,27H,2-6,12-13,16-18H2,1H3,(H,32,35)(H,33,36)/t23-,25+,27-/m0/s1. The first-order chi connectivity index (χ1) is 18.9. The normalized spacial score (nSPS) is 23.5. The third-order valence-corrected chi connectivity index (χ3v) is 8.10. The molecule has 2 aliphatic heterocycles. The topological polar surface area (TPSA) is 97.0 Å². The molecule has 5 rings (SSSR count). The lowest BCUT2D eigenvalue weighted by atomic mass is 9.89. The molecule has 0 radical (unpaired) electrons. The van der Waals surface area contributed by atoms with Crippen molar-refractivity contribution in [3.8, 4) is 5.75 Å². The van der Waals surface area contributed by atoms with Crippen molar-refractivity contribution in [2.24, 2.45) is 5.92 Å². The molecule has 1 aliphatic carbocycles. The maximum Gasteiger partial charge on any atom is 0.257 e. The first-order valence-electron chi connectivity index (χ1n) is 13.9. The van der Waals surface area contributed by atoms with Crippen LogP contribution in [0.25, 0.3) is 0 Å². The van der Waals surface area contributed by atoms with Crippen molar-refractivity contribution >= 4 is 23.4 Å². The van der Waals surface area contributed by atoms with Crippen LogP contribution in [0.2, 0.25) is 0 Å². The van der Waals surface area contributed by atoms with E-state index in [1.165, 1.54) is 56.4 Å². The van der Waals surface area contributed by atoms with E-state index in [0.717, 1.165) is 6.54 Å². The summed E-state index contributed by atoms with van der Waals surface area (Å²) in [6.45, 7) is 0.984. The smallest absolute Gasteiger partial charge is 0.257 e. The Labute approximate surface area is 228 Å². The van der Waals surface area contributed by atoms with Gasteiger partial charge >= 0.3 is 0 Å². The summed E-state index contributed by atoms with van der Waals surface area (Å²) in [5, 5.41) is 5.85. The largest absolute Gasteiger partial charge is 0.490 e. The van der Waals surface area contributed by atoms with Crippen LogP contribution in [0.15, 0.2) is 42.5 Å². The second kappa shape index (κ2) is 12.2. The molecule has 208 valence electrons. The number of anilines is 1. The number of nitrogens with one attached hydrogen (secondary N) is 2. The summed E-state index contributed by atoms with van der Waals surface area (Å²) >= 11 is 0. The zero-order valence-corrected chi connectivity index (χ0v) is 22.3. The van der Waals surface area contributed by atoms with Gasteiger partial charge in [0.1, 0.15) is 24.3 Å². The number of fused-ring (bicyclic) bond motifs is 2. The van der Waals surface area contributed by atoms with Crippen molar-refractivity contribution < 1.29 is 28.2 Å². The van der Waals surface area contributed by atoms with Gasteiger partial charge in [0.25, 0.3) is 11.8 Å². The molecular weight excluding hydrogens is 501 g/mol. The molecule has 0 aromatic heterocycles. The van der Waals surface area contributed by atoms with Crippen molar-refractivity contribution in [3.05, 3.63) is 59.4 Å². The lowest BCUT2D eigenvalue weighted by molar-refractivity contribution is -0.134. The van der Waals surface area contributed by atoms with Gasteiger partial charge in [0.05, 0.1) is 24.1 Å². The molecule has 39 heavy (non-hydrogen) atoms. The number of benzene rings is 2. The molecule has 2 aromatic rings. The fraction of sp³-hybridized carbons (Fsp3) is 0.500. The SMILES string of the molecule is CN1C(=O)c2cc(NC(=O)c3ccc(F)cc3)ccc2OC[C@@H]2O[C@H](CC(=O)NCC3CCCCC3)CC[C@H]21. The predicted octanol–water partition coefficient (Wildman–Crippen LogP) is 4.55. The fourth-order valence-electron chi connectivity index (χ4n) is 5.84. The van der Waals surface area contributed by atoms with Crippen LogP contribution in [0.3, 0.4) is 0 Å². The Hall–Kier alpha value is -3.46. The number of hydrogen-bond donors (Lipinski definition) is 2. The van der Waals surface area contributed by atoms with Crippen molar-refractivity contribution in [3.63, 3.8) is 0 Å². The monoisotopic (exact) mass is 537 g/mol. The molecule has 2 fully saturated rings. The molecule has 8 nitrogen and oxygen atoms in total. The molecule has 0 bridgehead atoms. The summed E-state index contributed by atoms with van der Waals surface area (Å²) in [5.74, 6) is -0.0637. The summed E-state index contributed by atoms with van der Waals surface area (Å²) in [6, 6.07) is 9.96. The summed E-state index contributed by atoms with van der Waals surface area (Å²) in [5.41, 5.74) is 1.09. The van der Waals surface area contributed by atoms with Crippen LogP contribution in [0.5, 0.6) is 5.75 Å². The van der Waals surface area contributed by atoms with E-state index in [-0.39, 0.29) is 36.7 Å². The highest BCUT2D eigenvalue weighted by molar-refractivity contribution is 6.05. The molecule has 1 saturated carbocycles. The van der Waals surface area contributed by atoms with Crippen molar-refractivity contribution in [2.75, 3.05) is 25.5 Å². The van der Waals surface area contributed by atoms with Crippen LogP contribution in [-0.2, 0) is 9.53 Å². The van der Waals surface area contributed by atoms with Crippen LogP contribution >= 0.6 is 0 Å². The molecule has 2 heterocycles. The van der Waals surface area contributed by atoms with E-state index in [9.17, 15) is 18.8 Å². The Morgan fingerprint density at radius 1 is 1.03 bits per heavy atom. The van der Waals surface area contributed by atoms with Crippen LogP contribution in [0.4, 0.5) is 10.1 Å². The van der Waals surface area contributed by atoms with Gasteiger partial charge in [-0.15, -0.1) is 0 Å². The molecule has 0 unspecified atom stereocenters. The summed E-state index contributed by atoms with van der Waals surface area (Å²) in [4.78, 5) is 40.3. The minimum absolute atomic E-state index is 0.0146. The Morgan fingerprint density at radius 2 is 1.79 bits per heavy atom. The number of ether oxygens (including phenoxy) is 2. The zero-order chi connectivity index (χ0) is 27.4. The predicted molar refractivity (Wildman–Crippen MR) is 144 cm³/mol. The minimum Gasteiger partial charge on any atom is -0.490 e. The highest BCUT2D eigenvalue weighted by Gasteiger charge is 2.39. The third-order valence-electron chi connectivity index (χ3n) is 8.10. The summed E-state index contributed by atoms with van der Waals surface area (Å²) in [6.07, 6.45) is 7.28. The first kappa shape index (κ1) is 27.1. The molecule has 3 amide bonds. The fourth-order valence-corrected chi connectivity index (χ4v) is 5.84. The number of nitrogens with zero attached hydrogens (tertiary/aromatic N) is 1. The molecule has 2 aromatic carbocycles. The lowest BCUT2D eigenvalue weighted by Crippen LogP contribution is -2.54. The van der Waals surface area contributed by atoms with Gasteiger partial charge in [-0.1, -0.05) is 19.3 Å². The molecule has 3 atom stereocenters. The number of carbonyl (C=O) groups is 3. The summed E-state index contributed by atoms with van der Waals surface area (Å²) < 4.78 is 25.5. The number of amides is 3. The van der Waals surface area contributed by atoms with Crippen LogP contribution in [0, 0.1) is 11.7 Å². The van der Waals surface area contributed by atoms with E-state index in [1.807, 2.05) is 0 Å². The van der Waals surface area contributed by atoms with Gasteiger partial charge in [-0.05, 0) is 74.1 Å². The van der Waals surface area contributed by atoms with E-state index >= 15 is 0 Å². The van der Waals surface area contributed by atoms with Crippen molar-refractivity contribution in [1.82, 2.24) is 10.2 Å². The van der Waals surface area contributed by atoms with Gasteiger partial charge in [0.2, 0.25) is 5.91 Å². The first-order valence-corrected chi connectivity index (χ1v) is 13.9. The van der Waals surface area contributed by atoms with Gasteiger partial charge < -0.3 is 25.0 Å². The Morgan fingerprint density at radius 3 is 2.56 bits per heavy atom. The maximum absolute atomic E-state index is 13.5. The van der Waals surface area contributed by atoms with E-state index in [1.54, 1.807) is 30.1 Å². The summed E-state index contributed by atoms with van der Waals surface area (Å²) in [7, 11) is 1.75. The molecule has 2 N–H and O–H groups in total. The second-order valence-electron chi connectivity index (χ2n) is 10.9. The average Bonchev–Trinajstić information content (AvgIpc) is 2.95. The molecule has 1 saturated heterocycles. The Bertz CT molecular complexity index is 1200. The van der Waals surface area contributed by atoms with Gasteiger partial charge in [-0.3, -0.25) is 14.4 Å². The Kier molecular flexibility index (Phi) is 8.45. The Balaban J connectivity index is 1.20. The van der Waals surface area contributed by atoms with Crippen LogP contribution < -0.4 is 15.4 Å². The van der Waals surface area contributed by atoms with E-state index in [0.29, 0.717) is 47.7 Å². The maximum atomic E-state index is 13.5. The molecule has 0 spiro atoms. The number of rotatable bonds is 6. The molecular formula is C30H36FN3O5. The zero-order valence-electron chi connectivity index (χ0n) is 22.3. The van der Waals surface area contributed by atoms with Crippen molar-refractivity contribution in [1.29, 1.82) is 0 Å². The number of likely N-dealkylation sites (N-methyl/N-ethyl adjacent to an activating group) is 1. The van der Waals surface area contributed by atoms with Gasteiger partial charge in [0, 0.05) is 24.8 Å². The second-order valence-corrected chi connectivity index (χ2v) is 10.9. The molecule has 9 heteroatoms. The van der Waals surface area contributed by atoms with Crippen molar-refractivity contribution in [2.45, 2.75) is 69.6 Å². The minimum atomic E-state index is -0.423. The lowest BCUT2D eigenvalue weighted by Gasteiger charge is -2.42. The average molecular weight is 538 g/mol. The van der Waals surface area contributed by atoms with Gasteiger partial charge in [0.15, 0.2) is 0 Å². The van der Waals surface area contributed by atoms with Crippen LogP contribution in [-0.4, -0.2) is 61.1 Å². The van der Waals surface area contributed by atoms with Gasteiger partial charge in [-0.2, -0.15) is 0 Å². The number of halogens is 1. The van der Waals surface area contributed by atoms with E-state index < -0.39 is 11.7 Å². The number of carbonyl (C=O) groups excluding carboxylic acids is 3.